The molecule has 1 N–H and O–H groups in total. The summed E-state index contributed by atoms with van der Waals surface area (Å²) in [5.41, 5.74) is 6.43. The topological polar surface area (TPSA) is 20.2 Å². The lowest BCUT2D eigenvalue weighted by Gasteiger charge is -2.34. The van der Waals surface area contributed by atoms with Crippen LogP contribution < -0.4 is 0 Å². The van der Waals surface area contributed by atoms with Gasteiger partial charge in [0, 0.05) is 11.1 Å². The fourth-order valence-electron chi connectivity index (χ4n) is 5.40. The van der Waals surface area contributed by atoms with Gasteiger partial charge in [0.1, 0.15) is 11.6 Å². The van der Waals surface area contributed by atoms with Gasteiger partial charge >= 0.3 is 0 Å². The van der Waals surface area contributed by atoms with Crippen molar-refractivity contribution in [1.82, 2.24) is 0 Å². The summed E-state index contributed by atoms with van der Waals surface area (Å²) in [5, 5.41) is 11.3. The number of halogens is 2. The third-order valence-corrected chi connectivity index (χ3v) is 7.11. The Labute approximate surface area is 202 Å². The second-order valence-electron chi connectivity index (χ2n) is 8.54. The van der Waals surface area contributed by atoms with E-state index in [0.29, 0.717) is 5.56 Å². The highest BCUT2D eigenvalue weighted by molar-refractivity contribution is 6.31. The van der Waals surface area contributed by atoms with Gasteiger partial charge in [0.15, 0.2) is 0 Å². The second-order valence-corrected chi connectivity index (χ2v) is 8.95. The van der Waals surface area contributed by atoms with Gasteiger partial charge in [-0.2, -0.15) is 0 Å². The predicted octanol–water partition coefficient (Wildman–Crippen LogP) is 8.21. The number of benzene rings is 5. The molecule has 3 heteroatoms. The minimum atomic E-state index is -0.614. The average Bonchev–Trinajstić information content (AvgIpc) is 3.16. The van der Waals surface area contributed by atoms with Gasteiger partial charge in [-0.05, 0) is 51.6 Å². The Kier molecular flexibility index (Phi) is 4.79. The third-order valence-electron chi connectivity index (χ3n) is 6.82. The molecule has 0 heterocycles. The standard InChI is InChI=1S/C31H20ClFO/c32-28-17-9-15-23(30(28)33)25-18-24-22-14-7-8-16-26(22)31(27(24)19-29(25)34,20-10-3-1-4-11-20)21-12-5-2-6-13-21/h1-19,34H. The Bertz CT molecular complexity index is 1490. The van der Waals surface area contributed by atoms with Gasteiger partial charge in [0.25, 0.3) is 0 Å². The Morgan fingerprint density at radius 3 is 1.82 bits per heavy atom. The van der Waals surface area contributed by atoms with Gasteiger partial charge in [-0.1, -0.05) is 109 Å². The van der Waals surface area contributed by atoms with Crippen molar-refractivity contribution in [2.45, 2.75) is 5.41 Å². The van der Waals surface area contributed by atoms with Crippen molar-refractivity contribution >= 4 is 11.6 Å². The summed E-state index contributed by atoms with van der Waals surface area (Å²) in [6, 6.07) is 37.5. The first-order valence-corrected chi connectivity index (χ1v) is 11.5. The summed E-state index contributed by atoms with van der Waals surface area (Å²) >= 11 is 6.06. The zero-order valence-electron chi connectivity index (χ0n) is 18.2. The van der Waals surface area contributed by atoms with Crippen molar-refractivity contribution < 1.29 is 9.50 Å². The van der Waals surface area contributed by atoms with Crippen LogP contribution in [0.2, 0.25) is 5.02 Å². The van der Waals surface area contributed by atoms with Crippen molar-refractivity contribution in [1.29, 1.82) is 0 Å². The lowest BCUT2D eigenvalue weighted by molar-refractivity contribution is 0.475. The molecule has 0 aromatic heterocycles. The molecule has 0 saturated carbocycles. The van der Waals surface area contributed by atoms with Gasteiger partial charge in [0.2, 0.25) is 0 Å². The average molecular weight is 463 g/mol. The molecule has 0 atom stereocenters. The molecule has 5 aromatic rings. The van der Waals surface area contributed by atoms with Crippen LogP contribution >= 0.6 is 11.6 Å². The summed E-state index contributed by atoms with van der Waals surface area (Å²) in [4.78, 5) is 0. The highest BCUT2D eigenvalue weighted by atomic mass is 35.5. The van der Waals surface area contributed by atoms with Gasteiger partial charge < -0.3 is 5.11 Å². The molecule has 6 rings (SSSR count). The van der Waals surface area contributed by atoms with E-state index in [0.717, 1.165) is 33.4 Å². The number of fused-ring (bicyclic) bond motifs is 3. The smallest absolute Gasteiger partial charge is 0.149 e. The molecule has 34 heavy (non-hydrogen) atoms. The van der Waals surface area contributed by atoms with Crippen molar-refractivity contribution in [3.63, 3.8) is 0 Å². The summed E-state index contributed by atoms with van der Waals surface area (Å²) in [7, 11) is 0. The Balaban J connectivity index is 1.74. The van der Waals surface area contributed by atoms with Crippen LogP contribution in [0.3, 0.4) is 0 Å². The van der Waals surface area contributed by atoms with Crippen LogP contribution in [0.1, 0.15) is 22.3 Å². The molecular weight excluding hydrogens is 443 g/mol. The zero-order valence-corrected chi connectivity index (χ0v) is 18.9. The highest BCUT2D eigenvalue weighted by Gasteiger charge is 2.46. The van der Waals surface area contributed by atoms with Gasteiger partial charge in [0.05, 0.1) is 10.4 Å². The number of phenolic OH excluding ortho intramolecular Hbond substituents is 1. The largest absolute Gasteiger partial charge is 0.507 e. The Hall–Kier alpha value is -3.88. The maximum absolute atomic E-state index is 15.0. The van der Waals surface area contributed by atoms with E-state index >= 15 is 0 Å². The SMILES string of the molecule is Oc1cc2c(cc1-c1cccc(Cl)c1F)-c1ccccc1C2(c1ccccc1)c1ccccc1. The second kappa shape index (κ2) is 7.86. The molecule has 0 fully saturated rings. The molecule has 0 unspecified atom stereocenters. The van der Waals surface area contributed by atoms with Crippen LogP contribution in [0.4, 0.5) is 4.39 Å². The molecule has 1 aliphatic rings. The van der Waals surface area contributed by atoms with E-state index in [1.807, 2.05) is 54.6 Å². The quantitative estimate of drug-likeness (QED) is 0.281. The zero-order chi connectivity index (χ0) is 23.3. The molecule has 0 amide bonds. The molecule has 0 bridgehead atoms. The van der Waals surface area contributed by atoms with E-state index < -0.39 is 11.2 Å². The Morgan fingerprint density at radius 2 is 1.15 bits per heavy atom. The molecule has 1 aliphatic carbocycles. The fraction of sp³-hybridized carbons (Fsp3) is 0.0323. The normalized spacial score (nSPS) is 13.4. The molecule has 5 aromatic carbocycles. The van der Waals surface area contributed by atoms with E-state index in [4.69, 9.17) is 11.6 Å². The van der Waals surface area contributed by atoms with Crippen molar-refractivity contribution in [3.8, 4) is 28.0 Å². The van der Waals surface area contributed by atoms with E-state index in [1.54, 1.807) is 18.2 Å². The van der Waals surface area contributed by atoms with E-state index in [9.17, 15) is 9.50 Å². The third kappa shape index (κ3) is 2.85. The summed E-state index contributed by atoms with van der Waals surface area (Å²) in [5.74, 6) is -0.521. The van der Waals surface area contributed by atoms with Crippen molar-refractivity contribution in [3.05, 3.63) is 148 Å². The van der Waals surface area contributed by atoms with Gasteiger partial charge in [-0.3, -0.25) is 0 Å². The van der Waals surface area contributed by atoms with E-state index in [1.165, 1.54) is 6.07 Å². The molecule has 164 valence electrons. The van der Waals surface area contributed by atoms with Crippen molar-refractivity contribution in [2.75, 3.05) is 0 Å². The summed E-state index contributed by atoms with van der Waals surface area (Å²) in [6.45, 7) is 0. The fourth-order valence-corrected chi connectivity index (χ4v) is 5.58. The number of aromatic hydroxyl groups is 1. The van der Waals surface area contributed by atoms with Gasteiger partial charge in [-0.15, -0.1) is 0 Å². The number of rotatable bonds is 3. The highest BCUT2D eigenvalue weighted by Crippen LogP contribution is 2.57. The lowest BCUT2D eigenvalue weighted by atomic mass is 9.67. The van der Waals surface area contributed by atoms with Crippen LogP contribution in [0.25, 0.3) is 22.3 Å². The van der Waals surface area contributed by atoms with E-state index in [-0.39, 0.29) is 16.3 Å². The number of hydrogen-bond donors (Lipinski definition) is 1. The minimum Gasteiger partial charge on any atom is -0.507 e. The molecule has 0 radical (unpaired) electrons. The minimum absolute atomic E-state index is 0.0176. The number of phenols is 1. The first-order valence-electron chi connectivity index (χ1n) is 11.1. The van der Waals surface area contributed by atoms with Crippen molar-refractivity contribution in [2.24, 2.45) is 0 Å². The molecule has 1 nitrogen and oxygen atoms in total. The maximum atomic E-state index is 15.0. The van der Waals surface area contributed by atoms with Crippen LogP contribution in [0.15, 0.2) is 115 Å². The first kappa shape index (κ1) is 20.7. The first-order chi connectivity index (χ1) is 16.6. The molecule has 0 aliphatic heterocycles. The Morgan fingerprint density at radius 1 is 0.559 bits per heavy atom. The van der Waals surface area contributed by atoms with Crippen LogP contribution in [0, 0.1) is 5.82 Å². The summed E-state index contributed by atoms with van der Waals surface area (Å²) in [6.07, 6.45) is 0. The maximum Gasteiger partial charge on any atom is 0.149 e. The lowest BCUT2D eigenvalue weighted by Crippen LogP contribution is -2.28. The van der Waals surface area contributed by atoms with E-state index in [2.05, 4.69) is 36.4 Å². The van der Waals surface area contributed by atoms with Crippen LogP contribution in [-0.4, -0.2) is 5.11 Å². The summed E-state index contributed by atoms with van der Waals surface area (Å²) < 4.78 is 15.0. The predicted molar refractivity (Wildman–Crippen MR) is 136 cm³/mol. The van der Waals surface area contributed by atoms with Gasteiger partial charge in [-0.25, -0.2) is 4.39 Å². The number of hydrogen-bond acceptors (Lipinski definition) is 1. The molecule has 0 saturated heterocycles. The molecular formula is C31H20ClFO. The van der Waals surface area contributed by atoms with Crippen LogP contribution in [-0.2, 0) is 5.41 Å². The monoisotopic (exact) mass is 462 g/mol. The molecule has 0 spiro atoms. The van der Waals surface area contributed by atoms with Crippen LogP contribution in [0.5, 0.6) is 5.75 Å².